The normalized spacial score (nSPS) is 17.8. The van der Waals surface area contributed by atoms with Gasteiger partial charge in [-0.25, -0.2) is 0 Å². The molecule has 1 unspecified atom stereocenters. The van der Waals surface area contributed by atoms with E-state index in [4.69, 9.17) is 11.6 Å². The fourth-order valence-corrected chi connectivity index (χ4v) is 2.37. The third-order valence-corrected chi connectivity index (χ3v) is 3.47. The Morgan fingerprint density at radius 1 is 1.47 bits per heavy atom. The van der Waals surface area contributed by atoms with Crippen LogP contribution in [0.25, 0.3) is 0 Å². The second-order valence-corrected chi connectivity index (χ2v) is 4.95. The standard InChI is InChI=1S/C13H18ClN/c1-9-3-6-11(12(14)7-9)13(15-2)8-10-4-5-10/h3,6-7,10,13,15H,4-5,8H2,1-2H3. The number of hydrogen-bond donors (Lipinski definition) is 1. The number of halogens is 1. The SMILES string of the molecule is CNC(CC1CC1)c1ccc(C)cc1Cl. The number of aryl methyl sites for hydroxylation is 1. The van der Waals surface area contributed by atoms with Crippen molar-refractivity contribution < 1.29 is 0 Å². The maximum atomic E-state index is 6.27. The highest BCUT2D eigenvalue weighted by Crippen LogP contribution is 2.39. The zero-order valence-electron chi connectivity index (χ0n) is 9.39. The van der Waals surface area contributed by atoms with E-state index in [0.29, 0.717) is 6.04 Å². The van der Waals surface area contributed by atoms with Gasteiger partial charge in [-0.05, 0) is 43.5 Å². The summed E-state index contributed by atoms with van der Waals surface area (Å²) in [5.74, 6) is 0.916. The Hall–Kier alpha value is -0.530. The van der Waals surface area contributed by atoms with E-state index < -0.39 is 0 Å². The van der Waals surface area contributed by atoms with Gasteiger partial charge in [0.05, 0.1) is 0 Å². The minimum Gasteiger partial charge on any atom is -0.313 e. The molecule has 1 aliphatic rings. The highest BCUT2D eigenvalue weighted by molar-refractivity contribution is 6.31. The quantitative estimate of drug-likeness (QED) is 0.821. The molecule has 1 aliphatic carbocycles. The zero-order valence-corrected chi connectivity index (χ0v) is 10.1. The van der Waals surface area contributed by atoms with Crippen molar-refractivity contribution in [2.45, 2.75) is 32.2 Å². The molecule has 1 nitrogen and oxygen atoms in total. The van der Waals surface area contributed by atoms with Gasteiger partial charge in [0.15, 0.2) is 0 Å². The van der Waals surface area contributed by atoms with Crippen LogP contribution in [0.3, 0.4) is 0 Å². The molecule has 1 atom stereocenters. The lowest BCUT2D eigenvalue weighted by atomic mass is 10.00. The molecule has 1 fully saturated rings. The average molecular weight is 224 g/mol. The van der Waals surface area contributed by atoms with Crippen molar-refractivity contribution in [1.29, 1.82) is 0 Å². The van der Waals surface area contributed by atoms with Crippen molar-refractivity contribution in [2.75, 3.05) is 7.05 Å². The summed E-state index contributed by atoms with van der Waals surface area (Å²) in [5, 5.41) is 4.26. The van der Waals surface area contributed by atoms with Gasteiger partial charge in [-0.3, -0.25) is 0 Å². The second-order valence-electron chi connectivity index (χ2n) is 4.55. The van der Waals surface area contributed by atoms with Crippen LogP contribution in [0.4, 0.5) is 0 Å². The van der Waals surface area contributed by atoms with Crippen LogP contribution >= 0.6 is 11.6 Å². The van der Waals surface area contributed by atoms with Gasteiger partial charge in [0, 0.05) is 11.1 Å². The van der Waals surface area contributed by atoms with Crippen molar-refractivity contribution in [3.05, 3.63) is 34.3 Å². The van der Waals surface area contributed by atoms with Crippen LogP contribution < -0.4 is 5.32 Å². The number of benzene rings is 1. The monoisotopic (exact) mass is 223 g/mol. The Kier molecular flexibility index (Phi) is 3.32. The van der Waals surface area contributed by atoms with Gasteiger partial charge < -0.3 is 5.32 Å². The lowest BCUT2D eigenvalue weighted by molar-refractivity contribution is 0.514. The van der Waals surface area contributed by atoms with Gasteiger partial charge in [0.25, 0.3) is 0 Å². The van der Waals surface area contributed by atoms with Gasteiger partial charge in [0.2, 0.25) is 0 Å². The van der Waals surface area contributed by atoms with E-state index in [2.05, 4.69) is 24.4 Å². The molecule has 0 aromatic heterocycles. The fraction of sp³-hybridized carbons (Fsp3) is 0.538. The predicted molar refractivity (Wildman–Crippen MR) is 65.3 cm³/mol. The first-order chi connectivity index (χ1) is 7.20. The van der Waals surface area contributed by atoms with E-state index in [9.17, 15) is 0 Å². The molecule has 82 valence electrons. The van der Waals surface area contributed by atoms with E-state index in [1.54, 1.807) is 0 Å². The highest BCUT2D eigenvalue weighted by atomic mass is 35.5. The Labute approximate surface area is 96.8 Å². The molecule has 0 radical (unpaired) electrons. The number of rotatable bonds is 4. The first kappa shape index (κ1) is 11.0. The minimum atomic E-state index is 0.422. The van der Waals surface area contributed by atoms with Gasteiger partial charge in [-0.2, -0.15) is 0 Å². The van der Waals surface area contributed by atoms with E-state index in [1.165, 1.54) is 30.4 Å². The topological polar surface area (TPSA) is 12.0 Å². The predicted octanol–water partition coefficient (Wildman–Crippen LogP) is 3.71. The Balaban J connectivity index is 2.16. The molecule has 0 spiro atoms. The first-order valence-electron chi connectivity index (χ1n) is 5.64. The van der Waals surface area contributed by atoms with Crippen LogP contribution in [-0.2, 0) is 0 Å². The molecule has 2 heteroatoms. The van der Waals surface area contributed by atoms with Crippen LogP contribution in [-0.4, -0.2) is 7.05 Å². The van der Waals surface area contributed by atoms with E-state index in [0.717, 1.165) is 10.9 Å². The molecule has 0 amide bonds. The van der Waals surface area contributed by atoms with E-state index in [-0.39, 0.29) is 0 Å². The van der Waals surface area contributed by atoms with Crippen molar-refractivity contribution in [3.63, 3.8) is 0 Å². The first-order valence-corrected chi connectivity index (χ1v) is 6.02. The summed E-state index contributed by atoms with van der Waals surface area (Å²) in [6, 6.07) is 6.76. The molecule has 0 aliphatic heterocycles. The number of hydrogen-bond acceptors (Lipinski definition) is 1. The number of nitrogens with one attached hydrogen (secondary N) is 1. The molecule has 1 saturated carbocycles. The van der Waals surface area contributed by atoms with Gasteiger partial charge >= 0.3 is 0 Å². The van der Waals surface area contributed by atoms with Gasteiger partial charge in [-0.15, -0.1) is 0 Å². The van der Waals surface area contributed by atoms with Crippen LogP contribution in [0, 0.1) is 12.8 Å². The summed E-state index contributed by atoms with van der Waals surface area (Å²) in [7, 11) is 2.02. The van der Waals surface area contributed by atoms with Crippen LogP contribution in [0.5, 0.6) is 0 Å². The molecule has 15 heavy (non-hydrogen) atoms. The average Bonchev–Trinajstić information content (AvgIpc) is 2.99. The van der Waals surface area contributed by atoms with Gasteiger partial charge in [0.1, 0.15) is 0 Å². The summed E-state index contributed by atoms with van der Waals surface area (Å²) in [4.78, 5) is 0. The van der Waals surface area contributed by atoms with Gasteiger partial charge in [-0.1, -0.05) is 36.6 Å². The molecule has 0 bridgehead atoms. The lowest BCUT2D eigenvalue weighted by Gasteiger charge is -2.18. The Bertz CT molecular complexity index is 344. The summed E-state index contributed by atoms with van der Waals surface area (Å²) in [6.07, 6.45) is 4.00. The Morgan fingerprint density at radius 3 is 2.73 bits per heavy atom. The van der Waals surface area contributed by atoms with Crippen LogP contribution in [0.1, 0.15) is 36.4 Å². The lowest BCUT2D eigenvalue weighted by Crippen LogP contribution is -2.17. The van der Waals surface area contributed by atoms with Crippen molar-refractivity contribution in [2.24, 2.45) is 5.92 Å². The molecule has 0 heterocycles. The summed E-state index contributed by atoms with van der Waals surface area (Å²) < 4.78 is 0. The van der Waals surface area contributed by atoms with E-state index in [1.807, 2.05) is 13.1 Å². The molecular formula is C13H18ClN. The summed E-state index contributed by atoms with van der Waals surface area (Å²) >= 11 is 6.27. The maximum absolute atomic E-state index is 6.27. The van der Waals surface area contributed by atoms with E-state index >= 15 is 0 Å². The molecule has 1 N–H and O–H groups in total. The third-order valence-electron chi connectivity index (χ3n) is 3.15. The molecule has 1 aromatic carbocycles. The highest BCUT2D eigenvalue weighted by Gasteiger charge is 2.26. The largest absolute Gasteiger partial charge is 0.313 e. The van der Waals surface area contributed by atoms with Crippen molar-refractivity contribution in [1.82, 2.24) is 5.32 Å². The molecular weight excluding hydrogens is 206 g/mol. The fourth-order valence-electron chi connectivity index (χ4n) is 2.00. The molecule has 0 saturated heterocycles. The van der Waals surface area contributed by atoms with Crippen molar-refractivity contribution >= 4 is 11.6 Å². The third kappa shape index (κ3) is 2.73. The molecule has 1 aromatic rings. The van der Waals surface area contributed by atoms with Crippen molar-refractivity contribution in [3.8, 4) is 0 Å². The summed E-state index contributed by atoms with van der Waals surface area (Å²) in [5.41, 5.74) is 2.47. The van der Waals surface area contributed by atoms with Crippen LogP contribution in [0.2, 0.25) is 5.02 Å². The smallest absolute Gasteiger partial charge is 0.0456 e. The van der Waals surface area contributed by atoms with Crippen LogP contribution in [0.15, 0.2) is 18.2 Å². The maximum Gasteiger partial charge on any atom is 0.0456 e. The molecule has 2 rings (SSSR count). The summed E-state index contributed by atoms with van der Waals surface area (Å²) in [6.45, 7) is 2.07. The zero-order chi connectivity index (χ0) is 10.8. The second kappa shape index (κ2) is 4.54. The minimum absolute atomic E-state index is 0.422. The Morgan fingerprint density at radius 2 is 2.20 bits per heavy atom.